The van der Waals surface area contributed by atoms with E-state index in [0.29, 0.717) is 19.3 Å². The van der Waals surface area contributed by atoms with Gasteiger partial charge in [0.15, 0.2) is 6.10 Å². The number of allylic oxidation sites excluding steroid dienone is 12. The number of hydrogen-bond acceptors (Lipinski definition) is 6. The summed E-state index contributed by atoms with van der Waals surface area (Å²) in [5.74, 6) is -0.981. The molecule has 0 fully saturated rings. The molecule has 0 aromatic heterocycles. The number of esters is 3. The Bertz CT molecular complexity index is 1160. The minimum Gasteiger partial charge on any atom is -0.462 e. The number of carbonyl (C=O) groups excluding carboxylic acids is 3. The van der Waals surface area contributed by atoms with Gasteiger partial charge in [0.05, 0.1) is 0 Å². The third kappa shape index (κ3) is 47.7. The lowest BCUT2D eigenvalue weighted by Crippen LogP contribution is -2.30. The van der Waals surface area contributed by atoms with Gasteiger partial charge in [0.25, 0.3) is 0 Å². The molecule has 0 spiro atoms. The molecule has 0 saturated heterocycles. The third-order valence-electron chi connectivity index (χ3n) is 10.7. The second-order valence-corrected chi connectivity index (χ2v) is 16.7. The van der Waals surface area contributed by atoms with Gasteiger partial charge in [-0.25, -0.2) is 0 Å². The van der Waals surface area contributed by atoms with Crippen molar-refractivity contribution in [3.63, 3.8) is 0 Å². The van der Waals surface area contributed by atoms with Crippen molar-refractivity contribution < 1.29 is 28.6 Å². The topological polar surface area (TPSA) is 78.9 Å². The summed E-state index contributed by atoms with van der Waals surface area (Å²) in [6.45, 7) is 6.45. The van der Waals surface area contributed by atoms with E-state index in [2.05, 4.69) is 87.6 Å². The van der Waals surface area contributed by atoms with Crippen molar-refractivity contribution in [2.75, 3.05) is 13.2 Å². The lowest BCUT2D eigenvalue weighted by atomic mass is 10.0. The van der Waals surface area contributed by atoms with Gasteiger partial charge in [-0.1, -0.05) is 235 Å². The standard InChI is InChI=1S/C55H94O6/c1-4-7-10-13-16-19-22-24-25-26-27-28-29-31-33-36-39-42-45-48-54(57)60-51-52(50-59-53(56)47-44-41-38-35-32-21-18-15-12-9-6-3)61-55(58)49-46-43-40-37-34-30-23-20-17-14-11-8-5-2/h7,10,16,19,24-25,27-28,31,33,39,42,52H,4-6,8-9,11-15,17-18,20-23,26,29-30,32,34-38,40-41,43-51H2,1-3H3/b10-7-,19-16-,25-24-,28-27-,33-31-,42-39-/t52-/m0/s1. The van der Waals surface area contributed by atoms with Gasteiger partial charge < -0.3 is 14.2 Å². The highest BCUT2D eigenvalue weighted by Gasteiger charge is 2.19. The van der Waals surface area contributed by atoms with Crippen LogP contribution >= 0.6 is 0 Å². The summed E-state index contributed by atoms with van der Waals surface area (Å²) >= 11 is 0. The molecular formula is C55H94O6. The van der Waals surface area contributed by atoms with Crippen LogP contribution in [0.5, 0.6) is 0 Å². The van der Waals surface area contributed by atoms with Gasteiger partial charge in [0, 0.05) is 19.3 Å². The fraction of sp³-hybridized carbons (Fsp3) is 0.727. The van der Waals surface area contributed by atoms with Crippen LogP contribution in [0.25, 0.3) is 0 Å². The van der Waals surface area contributed by atoms with Crippen molar-refractivity contribution >= 4 is 17.9 Å². The molecule has 350 valence electrons. The predicted octanol–water partition coefficient (Wildman–Crippen LogP) is 16.6. The summed E-state index contributed by atoms with van der Waals surface area (Å²) < 4.78 is 16.7. The molecule has 0 aliphatic heterocycles. The minimum atomic E-state index is -0.800. The maximum atomic E-state index is 12.8. The molecule has 0 aromatic rings. The Labute approximate surface area is 376 Å². The highest BCUT2D eigenvalue weighted by molar-refractivity contribution is 5.71. The molecule has 0 aliphatic carbocycles. The number of hydrogen-bond donors (Lipinski definition) is 0. The Balaban J connectivity index is 4.46. The number of unbranched alkanes of at least 4 members (excludes halogenated alkanes) is 22. The fourth-order valence-corrected chi connectivity index (χ4v) is 6.94. The maximum absolute atomic E-state index is 12.8. The quantitative estimate of drug-likeness (QED) is 0.0263. The monoisotopic (exact) mass is 851 g/mol. The van der Waals surface area contributed by atoms with Crippen LogP contribution in [0.2, 0.25) is 0 Å². The number of rotatable bonds is 45. The van der Waals surface area contributed by atoms with Crippen LogP contribution in [-0.2, 0) is 28.6 Å². The second kappa shape index (κ2) is 49.5. The highest BCUT2D eigenvalue weighted by Crippen LogP contribution is 2.15. The van der Waals surface area contributed by atoms with Crippen molar-refractivity contribution in [2.24, 2.45) is 0 Å². The maximum Gasteiger partial charge on any atom is 0.306 e. The van der Waals surface area contributed by atoms with Crippen LogP contribution in [0.4, 0.5) is 0 Å². The minimum absolute atomic E-state index is 0.0956. The fourth-order valence-electron chi connectivity index (χ4n) is 6.94. The molecule has 0 aliphatic rings. The summed E-state index contributed by atoms with van der Waals surface area (Å²) in [6.07, 6.45) is 61.8. The lowest BCUT2D eigenvalue weighted by Gasteiger charge is -2.18. The van der Waals surface area contributed by atoms with Crippen molar-refractivity contribution in [2.45, 2.75) is 245 Å². The summed E-state index contributed by atoms with van der Waals surface area (Å²) in [6, 6.07) is 0. The average Bonchev–Trinajstić information content (AvgIpc) is 3.26. The van der Waals surface area contributed by atoms with E-state index in [0.717, 1.165) is 77.0 Å². The molecule has 0 amide bonds. The molecule has 6 nitrogen and oxygen atoms in total. The molecule has 1 atom stereocenters. The van der Waals surface area contributed by atoms with E-state index in [9.17, 15) is 14.4 Å². The van der Waals surface area contributed by atoms with E-state index in [1.165, 1.54) is 116 Å². The zero-order chi connectivity index (χ0) is 44.4. The number of carbonyl (C=O) groups is 3. The van der Waals surface area contributed by atoms with Crippen LogP contribution in [0.3, 0.4) is 0 Å². The number of ether oxygens (including phenoxy) is 3. The van der Waals surface area contributed by atoms with Crippen LogP contribution in [0, 0.1) is 0 Å². The van der Waals surface area contributed by atoms with Gasteiger partial charge in [-0.3, -0.25) is 14.4 Å². The SMILES string of the molecule is CC/C=C\C/C=C\C/C=C\C/C=C\C/C=C\C/C=C\CCC(=O)OC[C@H](COC(=O)CCCCCCCCCCCCC)OC(=O)CCCCCCCCCCCCCCC. The Morgan fingerprint density at radius 1 is 0.344 bits per heavy atom. The van der Waals surface area contributed by atoms with E-state index >= 15 is 0 Å². The van der Waals surface area contributed by atoms with E-state index < -0.39 is 6.10 Å². The van der Waals surface area contributed by atoms with Crippen LogP contribution in [-0.4, -0.2) is 37.2 Å². The second-order valence-electron chi connectivity index (χ2n) is 16.7. The third-order valence-corrected chi connectivity index (χ3v) is 10.7. The van der Waals surface area contributed by atoms with E-state index in [1.807, 2.05) is 6.08 Å². The van der Waals surface area contributed by atoms with Gasteiger partial charge in [0.1, 0.15) is 13.2 Å². The lowest BCUT2D eigenvalue weighted by molar-refractivity contribution is -0.166. The first-order chi connectivity index (χ1) is 30.0. The Kier molecular flexibility index (Phi) is 46.9. The first-order valence-corrected chi connectivity index (χ1v) is 25.4. The molecule has 0 aromatic carbocycles. The molecule has 0 unspecified atom stereocenters. The normalized spacial score (nSPS) is 12.6. The molecule has 0 heterocycles. The summed E-state index contributed by atoms with van der Waals surface area (Å²) in [7, 11) is 0. The van der Waals surface area contributed by atoms with Crippen LogP contribution in [0.1, 0.15) is 239 Å². The van der Waals surface area contributed by atoms with E-state index in [-0.39, 0.29) is 37.5 Å². The zero-order valence-electron chi connectivity index (χ0n) is 39.9. The Hall–Kier alpha value is -3.15. The van der Waals surface area contributed by atoms with E-state index in [1.54, 1.807) is 0 Å². The van der Waals surface area contributed by atoms with E-state index in [4.69, 9.17) is 14.2 Å². The van der Waals surface area contributed by atoms with Crippen LogP contribution < -0.4 is 0 Å². The summed E-state index contributed by atoms with van der Waals surface area (Å²) in [4.78, 5) is 37.9. The molecule has 0 saturated carbocycles. The first kappa shape index (κ1) is 57.9. The van der Waals surface area contributed by atoms with Crippen molar-refractivity contribution in [3.8, 4) is 0 Å². The van der Waals surface area contributed by atoms with Gasteiger partial charge in [-0.05, 0) is 57.8 Å². The molecule has 6 heteroatoms. The molecular weight excluding hydrogens is 757 g/mol. The smallest absolute Gasteiger partial charge is 0.306 e. The van der Waals surface area contributed by atoms with Gasteiger partial charge in [-0.2, -0.15) is 0 Å². The molecule has 0 radical (unpaired) electrons. The molecule has 0 bridgehead atoms. The Morgan fingerprint density at radius 3 is 1.00 bits per heavy atom. The van der Waals surface area contributed by atoms with Crippen molar-refractivity contribution in [1.29, 1.82) is 0 Å². The van der Waals surface area contributed by atoms with Crippen LogP contribution in [0.15, 0.2) is 72.9 Å². The van der Waals surface area contributed by atoms with Crippen molar-refractivity contribution in [3.05, 3.63) is 72.9 Å². The largest absolute Gasteiger partial charge is 0.462 e. The highest BCUT2D eigenvalue weighted by atomic mass is 16.6. The van der Waals surface area contributed by atoms with Gasteiger partial charge in [-0.15, -0.1) is 0 Å². The predicted molar refractivity (Wildman–Crippen MR) is 261 cm³/mol. The Morgan fingerprint density at radius 2 is 0.639 bits per heavy atom. The van der Waals surface area contributed by atoms with Gasteiger partial charge in [0.2, 0.25) is 0 Å². The molecule has 0 rings (SSSR count). The summed E-state index contributed by atoms with van der Waals surface area (Å²) in [5.41, 5.74) is 0. The van der Waals surface area contributed by atoms with Gasteiger partial charge >= 0.3 is 17.9 Å². The van der Waals surface area contributed by atoms with Crippen molar-refractivity contribution in [1.82, 2.24) is 0 Å². The first-order valence-electron chi connectivity index (χ1n) is 25.4. The zero-order valence-corrected chi connectivity index (χ0v) is 39.9. The molecule has 61 heavy (non-hydrogen) atoms. The summed E-state index contributed by atoms with van der Waals surface area (Å²) in [5, 5.41) is 0. The average molecular weight is 851 g/mol. The molecule has 0 N–H and O–H groups in total.